The quantitative estimate of drug-likeness (QED) is 0.836. The molecule has 1 saturated heterocycles. The van der Waals surface area contributed by atoms with E-state index in [-0.39, 0.29) is 24.4 Å². The van der Waals surface area contributed by atoms with Crippen LogP contribution >= 0.6 is 0 Å². The molecule has 0 spiro atoms. The molecule has 1 fully saturated rings. The molecule has 126 valence electrons. The molecule has 1 aliphatic rings. The van der Waals surface area contributed by atoms with Crippen molar-refractivity contribution in [2.45, 2.75) is 32.2 Å². The summed E-state index contributed by atoms with van der Waals surface area (Å²) in [4.78, 5) is 26.3. The third-order valence-corrected chi connectivity index (χ3v) is 3.99. The molecule has 0 aliphatic carbocycles. The fourth-order valence-corrected chi connectivity index (χ4v) is 2.70. The summed E-state index contributed by atoms with van der Waals surface area (Å²) >= 11 is 0. The van der Waals surface area contributed by atoms with Gasteiger partial charge in [0.2, 0.25) is 11.8 Å². The van der Waals surface area contributed by atoms with E-state index in [0.29, 0.717) is 18.0 Å². The van der Waals surface area contributed by atoms with E-state index in [2.05, 4.69) is 10.6 Å². The number of carbonyl (C=O) groups is 2. The molecule has 0 radical (unpaired) electrons. The third kappa shape index (κ3) is 4.96. The van der Waals surface area contributed by atoms with E-state index in [1.165, 1.54) is 0 Å². The zero-order valence-corrected chi connectivity index (χ0v) is 13.8. The Morgan fingerprint density at radius 1 is 1.39 bits per heavy atom. The molecule has 2 N–H and O–H groups in total. The number of carbonyl (C=O) groups excluding carboxylic acids is 2. The molecular weight excluding hydrogens is 294 g/mol. The van der Waals surface area contributed by atoms with Crippen LogP contribution in [0.3, 0.4) is 0 Å². The second kappa shape index (κ2) is 8.53. The van der Waals surface area contributed by atoms with Crippen LogP contribution in [-0.4, -0.2) is 49.5 Å². The van der Waals surface area contributed by atoms with Crippen molar-refractivity contribution < 1.29 is 14.3 Å². The summed E-state index contributed by atoms with van der Waals surface area (Å²) in [5.74, 6) is 0.481. The summed E-state index contributed by atoms with van der Waals surface area (Å²) < 4.78 is 5.13. The minimum atomic E-state index is -0.204. The van der Waals surface area contributed by atoms with Gasteiger partial charge in [-0.2, -0.15) is 0 Å². The normalized spacial score (nSPS) is 17.4. The molecule has 2 rings (SSSR count). The summed E-state index contributed by atoms with van der Waals surface area (Å²) in [6.07, 6.45) is 3.00. The van der Waals surface area contributed by atoms with Crippen LogP contribution in [0.1, 0.15) is 26.2 Å². The van der Waals surface area contributed by atoms with Crippen molar-refractivity contribution in [3.05, 3.63) is 24.3 Å². The van der Waals surface area contributed by atoms with E-state index >= 15 is 0 Å². The number of likely N-dealkylation sites (N-methyl/N-ethyl adjacent to an activating group) is 1. The van der Waals surface area contributed by atoms with Gasteiger partial charge in [0, 0.05) is 18.3 Å². The molecule has 6 heteroatoms. The highest BCUT2D eigenvalue weighted by molar-refractivity contribution is 5.95. The topological polar surface area (TPSA) is 70.7 Å². The Morgan fingerprint density at radius 3 is 2.87 bits per heavy atom. The highest BCUT2D eigenvalue weighted by atomic mass is 16.5. The van der Waals surface area contributed by atoms with Gasteiger partial charge < -0.3 is 20.3 Å². The highest BCUT2D eigenvalue weighted by Gasteiger charge is 2.26. The van der Waals surface area contributed by atoms with E-state index < -0.39 is 0 Å². The maximum absolute atomic E-state index is 12.5. The summed E-state index contributed by atoms with van der Waals surface area (Å²) in [7, 11) is 1.58. The average molecular weight is 319 g/mol. The first-order valence-corrected chi connectivity index (χ1v) is 8.10. The second-order valence-electron chi connectivity index (χ2n) is 5.64. The van der Waals surface area contributed by atoms with Gasteiger partial charge in [-0.3, -0.25) is 9.59 Å². The van der Waals surface area contributed by atoms with Crippen LogP contribution in [0.15, 0.2) is 24.3 Å². The van der Waals surface area contributed by atoms with Crippen LogP contribution in [0.25, 0.3) is 0 Å². The summed E-state index contributed by atoms with van der Waals surface area (Å²) in [6.45, 7) is 3.33. The first-order chi connectivity index (χ1) is 11.1. The number of anilines is 1. The van der Waals surface area contributed by atoms with Gasteiger partial charge >= 0.3 is 0 Å². The van der Waals surface area contributed by atoms with Crippen molar-refractivity contribution in [2.75, 3.05) is 32.1 Å². The molecule has 6 nitrogen and oxygen atoms in total. The summed E-state index contributed by atoms with van der Waals surface area (Å²) in [6, 6.07) is 7.00. The van der Waals surface area contributed by atoms with Gasteiger partial charge in [0.1, 0.15) is 5.75 Å². The van der Waals surface area contributed by atoms with Crippen LogP contribution in [-0.2, 0) is 9.59 Å². The van der Waals surface area contributed by atoms with E-state index in [1.807, 2.05) is 19.1 Å². The third-order valence-electron chi connectivity index (χ3n) is 3.99. The van der Waals surface area contributed by atoms with Crippen molar-refractivity contribution >= 4 is 17.5 Å². The van der Waals surface area contributed by atoms with Gasteiger partial charge in [-0.1, -0.05) is 12.5 Å². The second-order valence-corrected chi connectivity index (χ2v) is 5.64. The molecule has 23 heavy (non-hydrogen) atoms. The Morgan fingerprint density at radius 2 is 2.22 bits per heavy atom. The Bertz CT molecular complexity index is 542. The van der Waals surface area contributed by atoms with Gasteiger partial charge in [0.05, 0.1) is 19.7 Å². The molecule has 0 saturated carbocycles. The van der Waals surface area contributed by atoms with Gasteiger partial charge in [0.25, 0.3) is 0 Å². The summed E-state index contributed by atoms with van der Waals surface area (Å²) in [5.41, 5.74) is 0.661. The van der Waals surface area contributed by atoms with E-state index in [0.717, 1.165) is 25.8 Å². The number of piperidine rings is 1. The van der Waals surface area contributed by atoms with Crippen LogP contribution < -0.4 is 15.4 Å². The van der Waals surface area contributed by atoms with Crippen molar-refractivity contribution in [1.29, 1.82) is 0 Å². The number of hydrogen-bond acceptors (Lipinski definition) is 4. The van der Waals surface area contributed by atoms with Crippen LogP contribution in [0.5, 0.6) is 5.75 Å². The minimum Gasteiger partial charge on any atom is -0.497 e. The Labute approximate surface area is 137 Å². The SMILES string of the molecule is CCN(CC(=O)Nc1cccc(OC)c1)C(=O)[C@@H]1CCCCN1. The Balaban J connectivity index is 1.92. The number of rotatable bonds is 6. The number of benzene rings is 1. The lowest BCUT2D eigenvalue weighted by Gasteiger charge is -2.29. The molecule has 0 unspecified atom stereocenters. The average Bonchev–Trinajstić information content (AvgIpc) is 2.60. The molecule has 0 aromatic heterocycles. The molecule has 2 amide bonds. The molecule has 1 atom stereocenters. The van der Waals surface area contributed by atoms with Crippen LogP contribution in [0, 0.1) is 0 Å². The molecule has 1 aromatic rings. The molecule has 1 heterocycles. The van der Waals surface area contributed by atoms with E-state index in [4.69, 9.17) is 4.74 Å². The number of nitrogens with zero attached hydrogens (tertiary/aromatic N) is 1. The van der Waals surface area contributed by atoms with Crippen molar-refractivity contribution in [3.63, 3.8) is 0 Å². The molecule has 1 aromatic carbocycles. The van der Waals surface area contributed by atoms with Crippen molar-refractivity contribution in [3.8, 4) is 5.75 Å². The van der Waals surface area contributed by atoms with Crippen molar-refractivity contribution in [1.82, 2.24) is 10.2 Å². The molecule has 0 bridgehead atoms. The largest absolute Gasteiger partial charge is 0.497 e. The molecular formula is C17H25N3O3. The zero-order chi connectivity index (χ0) is 16.7. The van der Waals surface area contributed by atoms with Crippen LogP contribution in [0.4, 0.5) is 5.69 Å². The van der Waals surface area contributed by atoms with E-state index in [1.54, 1.807) is 24.1 Å². The highest BCUT2D eigenvalue weighted by Crippen LogP contribution is 2.16. The van der Waals surface area contributed by atoms with Gasteiger partial charge in [-0.15, -0.1) is 0 Å². The first kappa shape index (κ1) is 17.3. The number of nitrogens with one attached hydrogen (secondary N) is 2. The van der Waals surface area contributed by atoms with E-state index in [9.17, 15) is 9.59 Å². The van der Waals surface area contributed by atoms with Gasteiger partial charge in [-0.05, 0) is 38.4 Å². The predicted molar refractivity (Wildman–Crippen MR) is 89.5 cm³/mol. The van der Waals surface area contributed by atoms with Crippen LogP contribution in [0.2, 0.25) is 0 Å². The predicted octanol–water partition coefficient (Wildman–Crippen LogP) is 1.62. The lowest BCUT2D eigenvalue weighted by atomic mass is 10.0. The monoisotopic (exact) mass is 319 g/mol. The maximum Gasteiger partial charge on any atom is 0.243 e. The minimum absolute atomic E-state index is 0.00740. The number of ether oxygens (including phenoxy) is 1. The first-order valence-electron chi connectivity index (χ1n) is 8.10. The smallest absolute Gasteiger partial charge is 0.243 e. The zero-order valence-electron chi connectivity index (χ0n) is 13.8. The summed E-state index contributed by atoms with van der Waals surface area (Å²) in [5, 5.41) is 6.04. The number of amides is 2. The van der Waals surface area contributed by atoms with Gasteiger partial charge in [-0.25, -0.2) is 0 Å². The number of methoxy groups -OCH3 is 1. The maximum atomic E-state index is 12.5. The molecule has 1 aliphatic heterocycles. The standard InChI is InChI=1S/C17H25N3O3/c1-3-20(17(22)15-9-4-5-10-18-15)12-16(21)19-13-7-6-8-14(11-13)23-2/h6-8,11,15,18H,3-5,9-10,12H2,1-2H3,(H,19,21)/t15-/m0/s1. The number of hydrogen-bond donors (Lipinski definition) is 2. The fraction of sp³-hybridized carbons (Fsp3) is 0.529. The Hall–Kier alpha value is -2.08. The lowest BCUT2D eigenvalue weighted by molar-refractivity contribution is -0.136. The fourth-order valence-electron chi connectivity index (χ4n) is 2.70. The van der Waals surface area contributed by atoms with Gasteiger partial charge in [0.15, 0.2) is 0 Å². The van der Waals surface area contributed by atoms with Crippen molar-refractivity contribution in [2.24, 2.45) is 0 Å². The Kier molecular flexibility index (Phi) is 6.40. The lowest BCUT2D eigenvalue weighted by Crippen LogP contribution is -2.50.